The number of unbranched alkanes of at least 4 members (excludes halogenated alkanes) is 34. The van der Waals surface area contributed by atoms with Gasteiger partial charge in [-0.05, 0) is 76.3 Å². The summed E-state index contributed by atoms with van der Waals surface area (Å²) < 4.78 is 46.9. The molecule has 358 valence electrons. The standard InChI is InChI=1S/C54H94O7S.Na/c1-3-5-7-9-11-13-15-17-19-21-23-25-27-29-31-33-35-37-39-41-43-48-60-53(55)50-46-45-47-51(62(57,58)59)52(50)54(56)61-49-44-42-40-38-36-34-32-30-28-26-24-22-20-18-16-14-12-10-8-6-4-2;/h31-34,45-47H,3-30,35-44,48-49H2,1-2H3,(H,57,58,59);/q;+1/p-1/b33-31+,34-32+;. The second-order valence-electron chi connectivity index (χ2n) is 17.8. The molecule has 0 N–H and O–H groups in total. The normalized spacial score (nSPS) is 11.7. The molecule has 1 rings (SSSR count). The SMILES string of the molecule is CCCCCCCCCCCCCCC/C=C/CCCCCCOC(=O)c1cccc(S(=O)(=O)[O-])c1C(=O)OCCCCCC/C=C/CCCCCCCCCCCCCCC.[Na+]. The van der Waals surface area contributed by atoms with Crippen LogP contribution in [-0.4, -0.2) is 38.1 Å². The molecule has 0 atom stereocenters. The van der Waals surface area contributed by atoms with Gasteiger partial charge in [-0.1, -0.05) is 224 Å². The Bertz CT molecular complexity index is 1380. The molecular weight excluding hydrogens is 816 g/mol. The summed E-state index contributed by atoms with van der Waals surface area (Å²) in [6.45, 7) is 4.76. The third-order valence-corrected chi connectivity index (χ3v) is 12.9. The molecule has 0 aliphatic carbocycles. The molecule has 0 aliphatic rings. The first kappa shape index (κ1) is 61.5. The van der Waals surface area contributed by atoms with Gasteiger partial charge in [-0.25, -0.2) is 18.0 Å². The number of allylic oxidation sites excluding steroid dienone is 4. The van der Waals surface area contributed by atoms with E-state index < -0.39 is 32.5 Å². The minimum atomic E-state index is -5.03. The van der Waals surface area contributed by atoms with Gasteiger partial charge in [0.2, 0.25) is 0 Å². The molecule has 0 saturated carbocycles. The Balaban J connectivity index is 0.0000384. The summed E-state index contributed by atoms with van der Waals surface area (Å²) in [7, 11) is -5.03. The Morgan fingerprint density at radius 1 is 0.444 bits per heavy atom. The van der Waals surface area contributed by atoms with Crippen molar-refractivity contribution in [2.24, 2.45) is 0 Å². The van der Waals surface area contributed by atoms with Gasteiger partial charge in [-0.15, -0.1) is 0 Å². The third kappa shape index (κ3) is 37.3. The summed E-state index contributed by atoms with van der Waals surface area (Å²) >= 11 is 0. The molecule has 0 unspecified atom stereocenters. The van der Waals surface area contributed by atoms with Crippen LogP contribution < -0.4 is 29.6 Å². The zero-order chi connectivity index (χ0) is 45.0. The summed E-state index contributed by atoms with van der Waals surface area (Å²) in [6, 6.07) is 3.62. The number of rotatable bonds is 45. The first-order valence-corrected chi connectivity index (χ1v) is 27.5. The molecule has 0 aromatic heterocycles. The zero-order valence-corrected chi connectivity index (χ0v) is 43.9. The molecule has 7 nitrogen and oxygen atoms in total. The monoisotopic (exact) mass is 909 g/mol. The summed E-state index contributed by atoms with van der Waals surface area (Å²) in [5.74, 6) is -1.83. The van der Waals surface area contributed by atoms with E-state index >= 15 is 0 Å². The van der Waals surface area contributed by atoms with Crippen molar-refractivity contribution in [3.8, 4) is 0 Å². The Labute approximate surface area is 410 Å². The summed E-state index contributed by atoms with van der Waals surface area (Å²) in [5.41, 5.74) is -0.794. The maximum absolute atomic E-state index is 13.1. The van der Waals surface area contributed by atoms with E-state index in [4.69, 9.17) is 9.47 Å². The van der Waals surface area contributed by atoms with Crippen LogP contribution in [0.3, 0.4) is 0 Å². The van der Waals surface area contributed by atoms with Crippen molar-refractivity contribution < 1.29 is 61.6 Å². The second-order valence-corrected chi connectivity index (χ2v) is 19.2. The van der Waals surface area contributed by atoms with Crippen LogP contribution >= 0.6 is 0 Å². The van der Waals surface area contributed by atoms with Gasteiger partial charge < -0.3 is 14.0 Å². The Hall–Kier alpha value is -1.45. The van der Waals surface area contributed by atoms with E-state index in [1.54, 1.807) is 0 Å². The Morgan fingerprint density at radius 2 is 0.730 bits per heavy atom. The fourth-order valence-electron chi connectivity index (χ4n) is 8.07. The topological polar surface area (TPSA) is 110 Å². The third-order valence-electron chi connectivity index (χ3n) is 12.0. The van der Waals surface area contributed by atoms with E-state index in [1.165, 1.54) is 179 Å². The minimum Gasteiger partial charge on any atom is -0.744 e. The van der Waals surface area contributed by atoms with Gasteiger partial charge in [-0.2, -0.15) is 0 Å². The second kappa shape index (κ2) is 45.7. The molecular formula is C54H93NaO7S. The van der Waals surface area contributed by atoms with E-state index in [1.807, 2.05) is 0 Å². The predicted octanol–water partition coefficient (Wildman–Crippen LogP) is 13.9. The van der Waals surface area contributed by atoms with E-state index in [0.717, 1.165) is 70.3 Å². The molecule has 0 amide bonds. The van der Waals surface area contributed by atoms with Crippen LogP contribution in [0.25, 0.3) is 0 Å². The van der Waals surface area contributed by atoms with Gasteiger partial charge in [0.25, 0.3) is 0 Å². The average Bonchev–Trinajstić information content (AvgIpc) is 3.26. The number of carbonyl (C=O) groups is 2. The molecule has 0 radical (unpaired) electrons. The van der Waals surface area contributed by atoms with Gasteiger partial charge >= 0.3 is 41.5 Å². The summed E-state index contributed by atoms with van der Waals surface area (Å²) in [5, 5.41) is 0. The van der Waals surface area contributed by atoms with E-state index in [-0.39, 0.29) is 48.3 Å². The number of hydrogen-bond donors (Lipinski definition) is 0. The van der Waals surface area contributed by atoms with Crippen molar-refractivity contribution in [2.45, 2.75) is 263 Å². The minimum absolute atomic E-state index is 0. The zero-order valence-electron chi connectivity index (χ0n) is 41.1. The van der Waals surface area contributed by atoms with Gasteiger partial charge in [0, 0.05) is 0 Å². The molecule has 0 fully saturated rings. The van der Waals surface area contributed by atoms with Crippen molar-refractivity contribution in [1.29, 1.82) is 0 Å². The van der Waals surface area contributed by atoms with Crippen LogP contribution in [0.2, 0.25) is 0 Å². The maximum atomic E-state index is 13.1. The first-order valence-electron chi connectivity index (χ1n) is 26.1. The number of hydrogen-bond acceptors (Lipinski definition) is 7. The number of benzene rings is 1. The van der Waals surface area contributed by atoms with Crippen molar-refractivity contribution in [3.63, 3.8) is 0 Å². The number of carbonyl (C=O) groups excluding carboxylic acids is 2. The summed E-state index contributed by atoms with van der Waals surface area (Å²) in [6.07, 6.45) is 56.3. The molecule has 1 aromatic carbocycles. The van der Waals surface area contributed by atoms with Crippen molar-refractivity contribution in [1.82, 2.24) is 0 Å². The number of esters is 2. The molecule has 63 heavy (non-hydrogen) atoms. The quantitative estimate of drug-likeness (QED) is 0.0211. The Kier molecular flexibility index (Phi) is 44.6. The Morgan fingerprint density at radius 3 is 1.05 bits per heavy atom. The van der Waals surface area contributed by atoms with E-state index in [0.29, 0.717) is 12.8 Å². The molecule has 0 bridgehead atoms. The van der Waals surface area contributed by atoms with Crippen LogP contribution in [0.4, 0.5) is 0 Å². The summed E-state index contributed by atoms with van der Waals surface area (Å²) in [4.78, 5) is 25.3. The van der Waals surface area contributed by atoms with E-state index in [9.17, 15) is 22.6 Å². The van der Waals surface area contributed by atoms with Gasteiger partial charge in [0.1, 0.15) is 10.1 Å². The van der Waals surface area contributed by atoms with Gasteiger partial charge in [0.15, 0.2) is 0 Å². The maximum Gasteiger partial charge on any atom is 1.00 e. The predicted molar refractivity (Wildman–Crippen MR) is 260 cm³/mol. The molecule has 9 heteroatoms. The smallest absolute Gasteiger partial charge is 0.744 e. The molecule has 0 spiro atoms. The van der Waals surface area contributed by atoms with Crippen molar-refractivity contribution >= 4 is 22.1 Å². The van der Waals surface area contributed by atoms with Crippen LogP contribution in [0.5, 0.6) is 0 Å². The largest absolute Gasteiger partial charge is 1.00 e. The number of ether oxygens (including phenoxy) is 2. The first-order chi connectivity index (χ1) is 30.3. The molecule has 0 heterocycles. The molecule has 0 aliphatic heterocycles. The van der Waals surface area contributed by atoms with Crippen LogP contribution in [0, 0.1) is 0 Å². The van der Waals surface area contributed by atoms with Crippen LogP contribution in [0.1, 0.15) is 279 Å². The van der Waals surface area contributed by atoms with Crippen molar-refractivity contribution in [3.05, 3.63) is 53.6 Å². The molecule has 0 saturated heterocycles. The van der Waals surface area contributed by atoms with Crippen molar-refractivity contribution in [2.75, 3.05) is 13.2 Å². The average molecular weight is 909 g/mol. The fraction of sp³-hybridized carbons (Fsp3) is 0.778. The molecule has 1 aromatic rings. The van der Waals surface area contributed by atoms with Crippen LogP contribution in [0.15, 0.2) is 47.4 Å². The fourth-order valence-corrected chi connectivity index (χ4v) is 8.76. The van der Waals surface area contributed by atoms with Crippen LogP contribution in [-0.2, 0) is 19.6 Å². The van der Waals surface area contributed by atoms with Gasteiger partial charge in [0.05, 0.1) is 29.2 Å². The van der Waals surface area contributed by atoms with Gasteiger partial charge in [-0.3, -0.25) is 0 Å². The van der Waals surface area contributed by atoms with E-state index in [2.05, 4.69) is 38.2 Å².